The van der Waals surface area contributed by atoms with Gasteiger partial charge in [0.05, 0.1) is 11.2 Å². The third-order valence-corrected chi connectivity index (χ3v) is 4.59. The lowest BCUT2D eigenvalue weighted by Crippen LogP contribution is -2.35. The summed E-state index contributed by atoms with van der Waals surface area (Å²) in [5, 5.41) is 0. The molecule has 23 heavy (non-hydrogen) atoms. The number of hydrogen-bond donors (Lipinski definition) is 1. The minimum atomic E-state index is 0.224. The molecule has 1 amide bonds. The second-order valence-corrected chi connectivity index (χ2v) is 6.62. The van der Waals surface area contributed by atoms with Crippen molar-refractivity contribution >= 4 is 21.8 Å². The van der Waals surface area contributed by atoms with Crippen molar-refractivity contribution in [3.8, 4) is 5.75 Å². The van der Waals surface area contributed by atoms with Crippen LogP contribution in [0.25, 0.3) is 0 Å². The van der Waals surface area contributed by atoms with Crippen LogP contribution in [0, 0.1) is 0 Å². The van der Waals surface area contributed by atoms with E-state index >= 15 is 0 Å². The number of H-pyrrole nitrogens is 1. The zero-order valence-electron chi connectivity index (χ0n) is 13.3. The largest absolute Gasteiger partial charge is 0.494 e. The number of carbonyl (C=O) groups excluding carboxylic acids is 1. The quantitative estimate of drug-likeness (QED) is 0.864. The van der Waals surface area contributed by atoms with Gasteiger partial charge < -0.3 is 14.6 Å². The fourth-order valence-corrected chi connectivity index (χ4v) is 3.45. The number of halogens is 1. The van der Waals surface area contributed by atoms with Crippen molar-refractivity contribution in [3.05, 3.63) is 51.8 Å². The van der Waals surface area contributed by atoms with Gasteiger partial charge in [-0.2, -0.15) is 0 Å². The molecular weight excluding hydrogens is 356 g/mol. The Morgan fingerprint density at radius 1 is 1.35 bits per heavy atom. The highest BCUT2D eigenvalue weighted by molar-refractivity contribution is 9.10. The second kappa shape index (κ2) is 7.21. The van der Waals surface area contributed by atoms with Crippen LogP contribution in [-0.4, -0.2) is 28.9 Å². The number of fused-ring (bicyclic) bond motifs is 1. The van der Waals surface area contributed by atoms with E-state index in [1.165, 1.54) is 16.8 Å². The molecular formula is C18H21BrN2O2. The Labute approximate surface area is 145 Å². The van der Waals surface area contributed by atoms with Crippen molar-refractivity contribution < 1.29 is 9.53 Å². The number of nitrogens with one attached hydrogen (secondary N) is 1. The van der Waals surface area contributed by atoms with Crippen LogP contribution in [0.15, 0.2) is 34.9 Å². The molecule has 0 bridgehead atoms. The lowest BCUT2D eigenvalue weighted by molar-refractivity contribution is -0.132. The van der Waals surface area contributed by atoms with Crippen molar-refractivity contribution in [1.82, 2.24) is 9.88 Å². The molecule has 1 aromatic carbocycles. The van der Waals surface area contributed by atoms with Crippen molar-refractivity contribution in [2.24, 2.45) is 0 Å². The van der Waals surface area contributed by atoms with Crippen molar-refractivity contribution in [3.63, 3.8) is 0 Å². The molecule has 1 aliphatic heterocycles. The summed E-state index contributed by atoms with van der Waals surface area (Å²) in [5.74, 6) is 1.10. The molecule has 0 aliphatic carbocycles. The van der Waals surface area contributed by atoms with Gasteiger partial charge in [-0.25, -0.2) is 0 Å². The Morgan fingerprint density at radius 2 is 2.13 bits per heavy atom. The van der Waals surface area contributed by atoms with Crippen molar-refractivity contribution in [1.29, 1.82) is 0 Å². The normalized spacial score (nSPS) is 13.7. The van der Waals surface area contributed by atoms with E-state index in [1.54, 1.807) is 0 Å². The average molecular weight is 377 g/mol. The molecule has 0 unspecified atom stereocenters. The summed E-state index contributed by atoms with van der Waals surface area (Å²) in [6.45, 7) is 4.14. The summed E-state index contributed by atoms with van der Waals surface area (Å²) >= 11 is 3.46. The standard InChI is InChI=1S/C18H21BrN2O2/c1-2-23-15-6-3-13(4-7-15)5-8-18(22)21-10-9-16-14(12-21)11-17(19)20-16/h3-4,6-7,11,20H,2,5,8-10,12H2,1H3. The van der Waals surface area contributed by atoms with E-state index in [2.05, 4.69) is 27.0 Å². The van der Waals surface area contributed by atoms with Gasteiger partial charge in [-0.3, -0.25) is 4.79 Å². The Bertz CT molecular complexity index is 679. The molecule has 0 saturated heterocycles. The molecule has 1 aliphatic rings. The fraction of sp³-hybridized carbons (Fsp3) is 0.389. The summed E-state index contributed by atoms with van der Waals surface area (Å²) in [4.78, 5) is 17.7. The van der Waals surface area contributed by atoms with E-state index in [1.807, 2.05) is 36.1 Å². The summed E-state index contributed by atoms with van der Waals surface area (Å²) in [6.07, 6.45) is 2.22. The molecule has 4 nitrogen and oxygen atoms in total. The first-order valence-electron chi connectivity index (χ1n) is 8.01. The predicted molar refractivity (Wildman–Crippen MR) is 93.5 cm³/mol. The van der Waals surface area contributed by atoms with Crippen LogP contribution in [0.2, 0.25) is 0 Å². The summed E-state index contributed by atoms with van der Waals surface area (Å²) < 4.78 is 6.43. The zero-order valence-corrected chi connectivity index (χ0v) is 14.9. The van der Waals surface area contributed by atoms with Gasteiger partial charge in [-0.1, -0.05) is 12.1 Å². The average Bonchev–Trinajstić information content (AvgIpc) is 2.93. The third-order valence-electron chi connectivity index (χ3n) is 4.17. The molecule has 0 saturated carbocycles. The molecule has 3 rings (SSSR count). The van der Waals surface area contributed by atoms with Crippen LogP contribution in [0.4, 0.5) is 0 Å². The van der Waals surface area contributed by atoms with Crippen LogP contribution in [-0.2, 0) is 24.2 Å². The first-order valence-corrected chi connectivity index (χ1v) is 8.81. The second-order valence-electron chi connectivity index (χ2n) is 5.76. The Kier molecular flexibility index (Phi) is 5.06. The molecule has 2 heterocycles. The van der Waals surface area contributed by atoms with Gasteiger partial charge in [0.2, 0.25) is 5.91 Å². The maximum absolute atomic E-state index is 12.4. The number of rotatable bonds is 5. The summed E-state index contributed by atoms with van der Waals surface area (Å²) in [5.41, 5.74) is 3.63. The van der Waals surface area contributed by atoms with Gasteiger partial charge in [-0.15, -0.1) is 0 Å². The predicted octanol–water partition coefficient (Wildman–Crippen LogP) is 3.69. The summed E-state index contributed by atoms with van der Waals surface area (Å²) in [7, 11) is 0. The molecule has 1 N–H and O–H groups in total. The van der Waals surface area contributed by atoms with Gasteiger partial charge in [0.25, 0.3) is 0 Å². The van der Waals surface area contributed by atoms with Crippen molar-refractivity contribution in [2.75, 3.05) is 13.2 Å². The lowest BCUT2D eigenvalue weighted by Gasteiger charge is -2.27. The molecule has 0 fully saturated rings. The molecule has 0 atom stereocenters. The molecule has 122 valence electrons. The summed E-state index contributed by atoms with van der Waals surface area (Å²) in [6, 6.07) is 10.1. The first kappa shape index (κ1) is 16.1. The molecule has 1 aromatic heterocycles. The number of carbonyl (C=O) groups is 1. The van der Waals surface area contributed by atoms with E-state index < -0.39 is 0 Å². The molecule has 5 heteroatoms. The SMILES string of the molecule is CCOc1ccc(CCC(=O)N2CCc3[nH]c(Br)cc3C2)cc1. The lowest BCUT2D eigenvalue weighted by atomic mass is 10.1. The fourth-order valence-electron chi connectivity index (χ4n) is 2.94. The highest BCUT2D eigenvalue weighted by Gasteiger charge is 2.21. The maximum atomic E-state index is 12.4. The molecule has 0 radical (unpaired) electrons. The smallest absolute Gasteiger partial charge is 0.223 e. The molecule has 0 spiro atoms. The van der Waals surface area contributed by atoms with Crippen LogP contribution in [0.3, 0.4) is 0 Å². The van der Waals surface area contributed by atoms with Crippen LogP contribution >= 0.6 is 15.9 Å². The van der Waals surface area contributed by atoms with E-state index in [4.69, 9.17) is 4.74 Å². The minimum Gasteiger partial charge on any atom is -0.494 e. The minimum absolute atomic E-state index is 0.224. The number of hydrogen-bond acceptors (Lipinski definition) is 2. The van der Waals surface area contributed by atoms with Gasteiger partial charge in [-0.05, 0) is 58.6 Å². The number of ether oxygens (including phenoxy) is 1. The van der Waals surface area contributed by atoms with Crippen LogP contribution in [0.5, 0.6) is 5.75 Å². The van der Waals surface area contributed by atoms with Gasteiger partial charge >= 0.3 is 0 Å². The highest BCUT2D eigenvalue weighted by atomic mass is 79.9. The van der Waals surface area contributed by atoms with E-state index in [9.17, 15) is 4.79 Å². The highest BCUT2D eigenvalue weighted by Crippen LogP contribution is 2.23. The Morgan fingerprint density at radius 3 is 2.87 bits per heavy atom. The van der Waals surface area contributed by atoms with E-state index in [0.29, 0.717) is 19.6 Å². The number of aryl methyl sites for hydroxylation is 1. The number of nitrogens with zero attached hydrogens (tertiary/aromatic N) is 1. The number of benzene rings is 1. The topological polar surface area (TPSA) is 45.3 Å². The van der Waals surface area contributed by atoms with E-state index in [0.717, 1.165) is 29.7 Å². The van der Waals surface area contributed by atoms with Crippen LogP contribution < -0.4 is 4.74 Å². The third kappa shape index (κ3) is 3.96. The number of aromatic nitrogens is 1. The van der Waals surface area contributed by atoms with Gasteiger partial charge in [0.1, 0.15) is 5.75 Å². The molecule has 2 aromatic rings. The maximum Gasteiger partial charge on any atom is 0.223 e. The first-order chi connectivity index (χ1) is 11.2. The number of amides is 1. The zero-order chi connectivity index (χ0) is 16.2. The number of aromatic amines is 1. The van der Waals surface area contributed by atoms with Gasteiger partial charge in [0, 0.05) is 31.6 Å². The Hall–Kier alpha value is -1.75. The Balaban J connectivity index is 1.53. The van der Waals surface area contributed by atoms with Crippen molar-refractivity contribution in [2.45, 2.75) is 32.7 Å². The van der Waals surface area contributed by atoms with E-state index in [-0.39, 0.29) is 5.91 Å². The van der Waals surface area contributed by atoms with Crippen LogP contribution in [0.1, 0.15) is 30.2 Å². The monoisotopic (exact) mass is 376 g/mol. The van der Waals surface area contributed by atoms with Gasteiger partial charge in [0.15, 0.2) is 0 Å².